The first-order valence-electron chi connectivity index (χ1n) is 10.8. The van der Waals surface area contributed by atoms with Crippen LogP contribution in [0, 0.1) is 25.5 Å². The number of aromatic nitrogens is 1. The van der Waals surface area contributed by atoms with Crippen molar-refractivity contribution in [2.45, 2.75) is 20.4 Å². The molecule has 3 aromatic rings. The largest absolute Gasteiger partial charge is 0.497 e. The predicted octanol–water partition coefficient (Wildman–Crippen LogP) is 4.53. The third-order valence-corrected chi connectivity index (χ3v) is 6.00. The average Bonchev–Trinajstić information content (AvgIpc) is 3.06. The smallest absolute Gasteiger partial charge is 0.272 e. The van der Waals surface area contributed by atoms with Crippen LogP contribution >= 0.6 is 0 Å². The van der Waals surface area contributed by atoms with Crippen molar-refractivity contribution < 1.29 is 23.0 Å². The molecule has 4 rings (SSSR count). The first kappa shape index (κ1) is 22.8. The number of hydrogen-bond donors (Lipinski definition) is 1. The maximum atomic E-state index is 14.5. The molecular formula is C25H27F2N3O3. The van der Waals surface area contributed by atoms with Gasteiger partial charge in [-0.3, -0.25) is 4.79 Å². The van der Waals surface area contributed by atoms with Crippen LogP contribution < -0.4 is 15.0 Å². The van der Waals surface area contributed by atoms with Crippen molar-refractivity contribution in [1.82, 2.24) is 4.57 Å². The van der Waals surface area contributed by atoms with Gasteiger partial charge in [-0.25, -0.2) is 8.78 Å². The Morgan fingerprint density at radius 1 is 1.06 bits per heavy atom. The summed E-state index contributed by atoms with van der Waals surface area (Å²) < 4.78 is 41.3. The van der Waals surface area contributed by atoms with E-state index in [4.69, 9.17) is 9.47 Å². The first-order chi connectivity index (χ1) is 15.9. The summed E-state index contributed by atoms with van der Waals surface area (Å²) in [7, 11) is 1.57. The zero-order chi connectivity index (χ0) is 23.5. The van der Waals surface area contributed by atoms with Crippen LogP contribution in [0.1, 0.15) is 27.3 Å². The highest BCUT2D eigenvalue weighted by molar-refractivity contribution is 6.05. The van der Waals surface area contributed by atoms with Crippen LogP contribution in [-0.2, 0) is 11.3 Å². The number of nitrogens with one attached hydrogen (secondary N) is 1. The molecule has 1 saturated heterocycles. The quantitative estimate of drug-likeness (QED) is 0.594. The lowest BCUT2D eigenvalue weighted by atomic mass is 10.1. The predicted molar refractivity (Wildman–Crippen MR) is 123 cm³/mol. The summed E-state index contributed by atoms with van der Waals surface area (Å²) in [6.07, 6.45) is 0. The van der Waals surface area contributed by atoms with E-state index in [1.165, 1.54) is 18.2 Å². The van der Waals surface area contributed by atoms with Gasteiger partial charge in [0.25, 0.3) is 5.91 Å². The molecule has 1 aliphatic rings. The van der Waals surface area contributed by atoms with Crippen molar-refractivity contribution in [3.05, 3.63) is 76.6 Å². The van der Waals surface area contributed by atoms with E-state index in [1.807, 2.05) is 13.8 Å². The van der Waals surface area contributed by atoms with Crippen LogP contribution in [0.3, 0.4) is 0 Å². The zero-order valence-corrected chi connectivity index (χ0v) is 19.0. The lowest BCUT2D eigenvalue weighted by Gasteiger charge is -2.29. The highest BCUT2D eigenvalue weighted by atomic mass is 19.1. The maximum absolute atomic E-state index is 14.5. The van der Waals surface area contributed by atoms with Crippen LogP contribution in [0.2, 0.25) is 0 Å². The second kappa shape index (κ2) is 9.62. The van der Waals surface area contributed by atoms with Gasteiger partial charge in [0.15, 0.2) is 0 Å². The monoisotopic (exact) mass is 455 g/mol. The lowest BCUT2D eigenvalue weighted by Crippen LogP contribution is -2.36. The maximum Gasteiger partial charge on any atom is 0.272 e. The number of anilines is 2. The number of carbonyl (C=O) groups excluding carboxylic acids is 1. The minimum atomic E-state index is -0.643. The molecule has 1 N–H and O–H groups in total. The summed E-state index contributed by atoms with van der Waals surface area (Å²) in [4.78, 5) is 15.6. The number of halogens is 2. The van der Waals surface area contributed by atoms with Crippen molar-refractivity contribution in [3.8, 4) is 5.75 Å². The summed E-state index contributed by atoms with van der Waals surface area (Å²) in [6.45, 7) is 6.17. The summed E-state index contributed by atoms with van der Waals surface area (Å²) in [5.41, 5.74) is 3.31. The lowest BCUT2D eigenvalue weighted by molar-refractivity contribution is 0.101. The molecule has 1 fully saturated rings. The van der Waals surface area contributed by atoms with Crippen molar-refractivity contribution >= 4 is 17.3 Å². The highest BCUT2D eigenvalue weighted by Gasteiger charge is 2.28. The van der Waals surface area contributed by atoms with Crippen molar-refractivity contribution in [1.29, 1.82) is 0 Å². The molecule has 2 heterocycles. The summed E-state index contributed by atoms with van der Waals surface area (Å²) in [5, 5.41) is 2.90. The Balaban J connectivity index is 1.76. The Hall–Kier alpha value is -3.39. The van der Waals surface area contributed by atoms with Crippen molar-refractivity contribution in [2.75, 3.05) is 43.6 Å². The number of ether oxygens (including phenoxy) is 2. The Bertz CT molecular complexity index is 1130. The fourth-order valence-corrected chi connectivity index (χ4v) is 4.33. The summed E-state index contributed by atoms with van der Waals surface area (Å²) in [5.74, 6) is -0.963. The van der Waals surface area contributed by atoms with Crippen LogP contribution in [0.15, 0.2) is 42.5 Å². The number of hydrogen-bond acceptors (Lipinski definition) is 4. The zero-order valence-electron chi connectivity index (χ0n) is 19.0. The molecule has 0 bridgehead atoms. The fourth-order valence-electron chi connectivity index (χ4n) is 4.33. The molecule has 0 aliphatic carbocycles. The molecule has 0 atom stereocenters. The minimum Gasteiger partial charge on any atom is -0.497 e. The van der Waals surface area contributed by atoms with Crippen LogP contribution in [0.4, 0.5) is 20.2 Å². The molecule has 174 valence electrons. The van der Waals surface area contributed by atoms with Gasteiger partial charge in [0.05, 0.1) is 32.6 Å². The van der Waals surface area contributed by atoms with E-state index in [1.54, 1.807) is 35.9 Å². The van der Waals surface area contributed by atoms with Gasteiger partial charge in [0.1, 0.15) is 23.1 Å². The third-order valence-electron chi connectivity index (χ3n) is 6.00. The minimum absolute atomic E-state index is 0.0809. The molecule has 0 unspecified atom stereocenters. The molecule has 33 heavy (non-hydrogen) atoms. The molecule has 1 amide bonds. The summed E-state index contributed by atoms with van der Waals surface area (Å²) >= 11 is 0. The van der Waals surface area contributed by atoms with Crippen LogP contribution in [0.25, 0.3) is 0 Å². The topological polar surface area (TPSA) is 55.7 Å². The molecule has 6 nitrogen and oxygen atoms in total. The molecule has 8 heteroatoms. The van der Waals surface area contributed by atoms with E-state index in [-0.39, 0.29) is 18.0 Å². The second-order valence-electron chi connectivity index (χ2n) is 7.98. The van der Waals surface area contributed by atoms with Gasteiger partial charge in [-0.15, -0.1) is 0 Å². The number of amides is 1. The van der Waals surface area contributed by atoms with Crippen LogP contribution in [-0.4, -0.2) is 43.9 Å². The van der Waals surface area contributed by atoms with E-state index < -0.39 is 11.6 Å². The Kier molecular flexibility index (Phi) is 6.65. The van der Waals surface area contributed by atoms with Crippen LogP contribution in [0.5, 0.6) is 5.75 Å². The van der Waals surface area contributed by atoms with Gasteiger partial charge in [0.2, 0.25) is 0 Å². The van der Waals surface area contributed by atoms with Gasteiger partial charge >= 0.3 is 0 Å². The third kappa shape index (κ3) is 4.57. The van der Waals surface area contributed by atoms with Crippen molar-refractivity contribution in [3.63, 3.8) is 0 Å². The standard InChI is InChI=1S/C25H27F2N3O3/c1-16-23(29-11-13-33-14-12-29)17(2)30(15-20-21(26)5-4-6-22(20)27)24(16)25(31)28-18-7-9-19(32-3)10-8-18/h4-10H,11-15H2,1-3H3,(H,28,31). The molecule has 1 aliphatic heterocycles. The number of carbonyl (C=O) groups is 1. The Labute approximate surface area is 191 Å². The molecule has 1 aromatic heterocycles. The molecule has 0 radical (unpaired) electrons. The summed E-state index contributed by atoms with van der Waals surface area (Å²) in [6, 6.07) is 10.8. The average molecular weight is 456 g/mol. The second-order valence-corrected chi connectivity index (χ2v) is 7.98. The fraction of sp³-hybridized carbons (Fsp3) is 0.320. The van der Waals surface area contributed by atoms with E-state index in [0.717, 1.165) is 16.9 Å². The van der Waals surface area contributed by atoms with E-state index >= 15 is 0 Å². The van der Waals surface area contributed by atoms with E-state index in [9.17, 15) is 13.6 Å². The Morgan fingerprint density at radius 2 is 1.70 bits per heavy atom. The van der Waals surface area contributed by atoms with Gasteiger partial charge in [0, 0.05) is 35.6 Å². The van der Waals surface area contributed by atoms with Gasteiger partial charge < -0.3 is 24.3 Å². The number of rotatable bonds is 6. The number of methoxy groups -OCH3 is 1. The van der Waals surface area contributed by atoms with E-state index in [0.29, 0.717) is 43.4 Å². The van der Waals surface area contributed by atoms with E-state index in [2.05, 4.69) is 10.2 Å². The normalized spacial score (nSPS) is 13.8. The van der Waals surface area contributed by atoms with Crippen molar-refractivity contribution in [2.24, 2.45) is 0 Å². The SMILES string of the molecule is COc1ccc(NC(=O)c2c(C)c(N3CCOCC3)c(C)n2Cc2c(F)cccc2F)cc1. The highest BCUT2D eigenvalue weighted by Crippen LogP contribution is 2.33. The Morgan fingerprint density at radius 3 is 2.30 bits per heavy atom. The number of nitrogens with zero attached hydrogens (tertiary/aromatic N) is 2. The number of benzene rings is 2. The van der Waals surface area contributed by atoms with Gasteiger partial charge in [-0.05, 0) is 50.2 Å². The molecule has 2 aromatic carbocycles. The number of morpholine rings is 1. The van der Waals surface area contributed by atoms with Gasteiger partial charge in [-0.2, -0.15) is 0 Å². The molecule has 0 spiro atoms. The first-order valence-corrected chi connectivity index (χ1v) is 10.8. The molecule has 0 saturated carbocycles. The molecular weight excluding hydrogens is 428 g/mol. The van der Waals surface area contributed by atoms with Gasteiger partial charge in [-0.1, -0.05) is 6.07 Å².